The minimum absolute atomic E-state index is 0.0408. The van der Waals surface area contributed by atoms with Gasteiger partial charge < -0.3 is 10.2 Å². The number of carbonyl (C=O) groups excluding carboxylic acids is 2. The lowest BCUT2D eigenvalue weighted by atomic mass is 10.0. The standard InChI is InChI=1S/C30H36N2O2S/c1-5-24(4)31-30(34)28(19-25-9-7-6-8-10-25)32(20-26-15-11-22(2)12-16-26)29(33)21-35-27-17-13-23(3)14-18-27/h6-18,24,28H,5,19-21H2,1-4H3,(H,31,34)/t24-,28-/m1/s1. The van der Waals surface area contributed by atoms with E-state index >= 15 is 0 Å². The molecule has 5 heteroatoms. The van der Waals surface area contributed by atoms with Gasteiger partial charge in [-0.3, -0.25) is 9.59 Å². The fourth-order valence-electron chi connectivity index (χ4n) is 3.75. The molecule has 0 aromatic heterocycles. The normalized spacial score (nSPS) is 12.6. The first kappa shape index (κ1) is 26.6. The second kappa shape index (κ2) is 13.1. The van der Waals surface area contributed by atoms with Crippen molar-refractivity contribution in [3.05, 3.63) is 101 Å². The lowest BCUT2D eigenvalue weighted by Crippen LogP contribution is -2.52. The van der Waals surface area contributed by atoms with Gasteiger partial charge in [0.15, 0.2) is 0 Å². The Morgan fingerprint density at radius 1 is 0.857 bits per heavy atom. The number of rotatable bonds is 11. The van der Waals surface area contributed by atoms with Gasteiger partial charge in [0.05, 0.1) is 5.75 Å². The molecule has 0 heterocycles. The highest BCUT2D eigenvalue weighted by atomic mass is 32.2. The summed E-state index contributed by atoms with van der Waals surface area (Å²) in [5, 5.41) is 3.12. The zero-order valence-corrected chi connectivity index (χ0v) is 22.0. The van der Waals surface area contributed by atoms with Crippen LogP contribution >= 0.6 is 11.8 Å². The van der Waals surface area contributed by atoms with E-state index in [-0.39, 0.29) is 23.6 Å². The summed E-state index contributed by atoms with van der Waals surface area (Å²) in [4.78, 5) is 30.0. The largest absolute Gasteiger partial charge is 0.352 e. The number of nitrogens with one attached hydrogen (secondary N) is 1. The predicted molar refractivity (Wildman–Crippen MR) is 145 cm³/mol. The summed E-state index contributed by atoms with van der Waals surface area (Å²) in [7, 11) is 0. The van der Waals surface area contributed by atoms with Crippen LogP contribution in [0.15, 0.2) is 83.8 Å². The lowest BCUT2D eigenvalue weighted by Gasteiger charge is -2.32. The number of aryl methyl sites for hydroxylation is 2. The fraction of sp³-hybridized carbons (Fsp3) is 0.333. The van der Waals surface area contributed by atoms with Crippen LogP contribution in [0.5, 0.6) is 0 Å². The summed E-state index contributed by atoms with van der Waals surface area (Å²) < 4.78 is 0. The topological polar surface area (TPSA) is 49.4 Å². The number of hydrogen-bond donors (Lipinski definition) is 1. The van der Waals surface area contributed by atoms with Gasteiger partial charge in [0.2, 0.25) is 11.8 Å². The number of hydrogen-bond acceptors (Lipinski definition) is 3. The molecule has 35 heavy (non-hydrogen) atoms. The Kier molecular flexibility index (Phi) is 9.98. The van der Waals surface area contributed by atoms with E-state index in [2.05, 4.69) is 17.4 Å². The molecule has 0 fully saturated rings. The van der Waals surface area contributed by atoms with Crippen molar-refractivity contribution in [3.8, 4) is 0 Å². The van der Waals surface area contributed by atoms with Gasteiger partial charge in [-0.05, 0) is 50.5 Å². The fourth-order valence-corrected chi connectivity index (χ4v) is 4.53. The first-order chi connectivity index (χ1) is 16.9. The molecule has 2 amide bonds. The summed E-state index contributed by atoms with van der Waals surface area (Å²) in [6, 6.07) is 25.7. The molecule has 0 radical (unpaired) electrons. The van der Waals surface area contributed by atoms with Crippen molar-refractivity contribution in [2.24, 2.45) is 0 Å². The summed E-state index contributed by atoms with van der Waals surface area (Å²) in [6.45, 7) is 8.52. The summed E-state index contributed by atoms with van der Waals surface area (Å²) in [6.07, 6.45) is 1.30. The molecule has 2 atom stereocenters. The number of benzene rings is 3. The molecule has 184 valence electrons. The van der Waals surface area contributed by atoms with Crippen LogP contribution in [0, 0.1) is 13.8 Å². The minimum Gasteiger partial charge on any atom is -0.352 e. The molecule has 0 saturated heterocycles. The van der Waals surface area contributed by atoms with Crippen molar-refractivity contribution >= 4 is 23.6 Å². The molecule has 0 bridgehead atoms. The van der Waals surface area contributed by atoms with E-state index in [0.29, 0.717) is 13.0 Å². The third-order valence-corrected chi connectivity index (χ3v) is 7.13. The highest BCUT2D eigenvalue weighted by Crippen LogP contribution is 2.22. The number of nitrogens with zero attached hydrogens (tertiary/aromatic N) is 1. The second-order valence-corrected chi connectivity index (χ2v) is 10.2. The molecule has 1 N–H and O–H groups in total. The van der Waals surface area contributed by atoms with Gasteiger partial charge in [0.1, 0.15) is 6.04 Å². The summed E-state index contributed by atoms with van der Waals surface area (Å²) in [5.74, 6) is 0.122. The molecule has 0 aliphatic rings. The second-order valence-electron chi connectivity index (χ2n) is 9.13. The first-order valence-electron chi connectivity index (χ1n) is 12.2. The average molecular weight is 489 g/mol. The van der Waals surface area contributed by atoms with Crippen LogP contribution < -0.4 is 5.32 Å². The molecule has 0 unspecified atom stereocenters. The number of amides is 2. The van der Waals surface area contributed by atoms with Crippen molar-refractivity contribution in [1.82, 2.24) is 10.2 Å². The van der Waals surface area contributed by atoms with Gasteiger partial charge in [-0.15, -0.1) is 11.8 Å². The predicted octanol–water partition coefficient (Wildman–Crippen LogP) is 5.95. The Balaban J connectivity index is 1.89. The van der Waals surface area contributed by atoms with Gasteiger partial charge in [0, 0.05) is 23.9 Å². The van der Waals surface area contributed by atoms with Crippen molar-refractivity contribution in [2.75, 3.05) is 5.75 Å². The first-order valence-corrected chi connectivity index (χ1v) is 13.2. The zero-order chi connectivity index (χ0) is 25.2. The van der Waals surface area contributed by atoms with Gasteiger partial charge in [-0.25, -0.2) is 0 Å². The molecule has 3 aromatic carbocycles. The highest BCUT2D eigenvalue weighted by molar-refractivity contribution is 8.00. The molecule has 3 rings (SSSR count). The van der Waals surface area contributed by atoms with Gasteiger partial charge in [-0.1, -0.05) is 84.8 Å². The van der Waals surface area contributed by atoms with E-state index < -0.39 is 6.04 Å². The smallest absolute Gasteiger partial charge is 0.243 e. The number of carbonyl (C=O) groups is 2. The Bertz CT molecular complexity index is 1080. The molecule has 0 saturated carbocycles. The molecular formula is C30H36N2O2S. The molecule has 3 aromatic rings. The van der Waals surface area contributed by atoms with Gasteiger partial charge in [0.25, 0.3) is 0 Å². The summed E-state index contributed by atoms with van der Waals surface area (Å²) in [5.41, 5.74) is 4.39. The zero-order valence-electron chi connectivity index (χ0n) is 21.2. The SMILES string of the molecule is CC[C@@H](C)NC(=O)[C@@H](Cc1ccccc1)N(Cc1ccc(C)cc1)C(=O)CSc1ccc(C)cc1. The molecule has 0 spiro atoms. The van der Waals surface area contributed by atoms with Crippen LogP contribution in [0.1, 0.15) is 42.5 Å². The van der Waals surface area contributed by atoms with Crippen molar-refractivity contribution in [1.29, 1.82) is 0 Å². The van der Waals surface area contributed by atoms with Crippen LogP contribution in [0.3, 0.4) is 0 Å². The van der Waals surface area contributed by atoms with Gasteiger partial charge in [-0.2, -0.15) is 0 Å². The van der Waals surface area contributed by atoms with E-state index in [1.807, 2.05) is 94.4 Å². The Hall–Kier alpha value is -3.05. The van der Waals surface area contributed by atoms with Crippen LogP contribution in [0.4, 0.5) is 0 Å². The Morgan fingerprint density at radius 3 is 2.06 bits per heavy atom. The third kappa shape index (κ3) is 8.29. The maximum absolute atomic E-state index is 13.7. The highest BCUT2D eigenvalue weighted by Gasteiger charge is 2.30. The summed E-state index contributed by atoms with van der Waals surface area (Å²) >= 11 is 1.51. The molecule has 4 nitrogen and oxygen atoms in total. The third-order valence-electron chi connectivity index (χ3n) is 6.13. The monoisotopic (exact) mass is 488 g/mol. The molecule has 0 aliphatic carbocycles. The van der Waals surface area contributed by atoms with E-state index in [1.54, 1.807) is 4.90 Å². The van der Waals surface area contributed by atoms with Crippen LogP contribution in [0.25, 0.3) is 0 Å². The van der Waals surface area contributed by atoms with Crippen LogP contribution in [-0.4, -0.2) is 34.6 Å². The maximum atomic E-state index is 13.7. The van der Waals surface area contributed by atoms with Crippen LogP contribution in [0.2, 0.25) is 0 Å². The maximum Gasteiger partial charge on any atom is 0.243 e. The van der Waals surface area contributed by atoms with E-state index in [1.165, 1.54) is 17.3 Å². The Labute approximate surface area is 214 Å². The van der Waals surface area contributed by atoms with Crippen LogP contribution in [-0.2, 0) is 22.6 Å². The number of thioether (sulfide) groups is 1. The lowest BCUT2D eigenvalue weighted by molar-refractivity contribution is -0.139. The molecular weight excluding hydrogens is 452 g/mol. The quantitative estimate of drug-likeness (QED) is 0.339. The van der Waals surface area contributed by atoms with Crippen molar-refractivity contribution in [2.45, 2.75) is 64.1 Å². The Morgan fingerprint density at radius 2 is 1.46 bits per heavy atom. The van der Waals surface area contributed by atoms with Crippen molar-refractivity contribution < 1.29 is 9.59 Å². The van der Waals surface area contributed by atoms with Crippen molar-refractivity contribution in [3.63, 3.8) is 0 Å². The van der Waals surface area contributed by atoms with E-state index in [4.69, 9.17) is 0 Å². The van der Waals surface area contributed by atoms with Gasteiger partial charge >= 0.3 is 0 Å². The minimum atomic E-state index is -0.598. The van der Waals surface area contributed by atoms with E-state index in [9.17, 15) is 9.59 Å². The van der Waals surface area contributed by atoms with E-state index in [0.717, 1.165) is 28.0 Å². The molecule has 0 aliphatic heterocycles. The average Bonchev–Trinajstić information content (AvgIpc) is 2.87.